The molecule has 3 aliphatic rings. The molecule has 2 atom stereocenters. The standard InChI is InChI=1S/C20H25N5O/c1-23(17-6-3-2-4-7-17)19(26)15-24-12-16-8-9-18(24)14-25(13-16)20-21-10-5-11-22-20/h2-7,10-11,16,18H,8-9,12-15H2,1H3/t16-,18-/m1/s1. The monoisotopic (exact) mass is 351 g/mol. The number of likely N-dealkylation sites (N-methyl/N-ethyl adjacent to an activating group) is 1. The number of anilines is 2. The first kappa shape index (κ1) is 17.0. The summed E-state index contributed by atoms with van der Waals surface area (Å²) in [5.74, 6) is 1.51. The minimum atomic E-state index is 0.145. The van der Waals surface area contributed by atoms with Gasteiger partial charge in [-0.1, -0.05) is 18.2 Å². The van der Waals surface area contributed by atoms with Crippen LogP contribution in [0, 0.1) is 5.92 Å². The van der Waals surface area contributed by atoms with Crippen LogP contribution in [-0.4, -0.2) is 60.0 Å². The molecule has 0 aliphatic carbocycles. The zero-order valence-electron chi connectivity index (χ0n) is 15.2. The van der Waals surface area contributed by atoms with Gasteiger partial charge in [0.15, 0.2) is 0 Å². The summed E-state index contributed by atoms with van der Waals surface area (Å²) in [6.07, 6.45) is 5.94. The second-order valence-electron chi connectivity index (χ2n) is 7.27. The maximum atomic E-state index is 12.8. The summed E-state index contributed by atoms with van der Waals surface area (Å²) in [5, 5.41) is 0. The van der Waals surface area contributed by atoms with Gasteiger partial charge in [0.25, 0.3) is 0 Å². The molecule has 136 valence electrons. The van der Waals surface area contributed by atoms with Crippen molar-refractivity contribution in [1.82, 2.24) is 14.9 Å². The van der Waals surface area contributed by atoms with E-state index in [0.29, 0.717) is 18.5 Å². The Balaban J connectivity index is 1.44. The second-order valence-corrected chi connectivity index (χ2v) is 7.27. The van der Waals surface area contributed by atoms with E-state index in [0.717, 1.165) is 37.7 Å². The third-order valence-electron chi connectivity index (χ3n) is 5.52. The van der Waals surface area contributed by atoms with Gasteiger partial charge in [0.2, 0.25) is 11.9 Å². The number of piperidine rings is 1. The lowest BCUT2D eigenvalue weighted by Crippen LogP contribution is -2.49. The number of nitrogens with zero attached hydrogens (tertiary/aromatic N) is 5. The molecule has 1 aromatic heterocycles. The van der Waals surface area contributed by atoms with Crippen molar-refractivity contribution in [1.29, 1.82) is 0 Å². The minimum Gasteiger partial charge on any atom is -0.339 e. The lowest BCUT2D eigenvalue weighted by Gasteiger charge is -2.36. The SMILES string of the molecule is CN(C(=O)CN1C[C@H]2CC[C@@H]1CN(c1ncccn1)C2)c1ccccc1. The molecule has 2 aromatic rings. The smallest absolute Gasteiger partial charge is 0.240 e. The summed E-state index contributed by atoms with van der Waals surface area (Å²) in [5.41, 5.74) is 0.941. The van der Waals surface area contributed by atoms with Crippen LogP contribution in [0.5, 0.6) is 0 Å². The molecule has 5 rings (SSSR count). The summed E-state index contributed by atoms with van der Waals surface area (Å²) in [4.78, 5) is 28.0. The second kappa shape index (κ2) is 7.41. The number of rotatable bonds is 4. The Morgan fingerprint density at radius 1 is 1.08 bits per heavy atom. The molecular weight excluding hydrogens is 326 g/mol. The van der Waals surface area contributed by atoms with Crippen LogP contribution in [0.3, 0.4) is 0 Å². The number of fused-ring (bicyclic) bond motifs is 4. The van der Waals surface area contributed by atoms with Gasteiger partial charge in [0.1, 0.15) is 0 Å². The third-order valence-corrected chi connectivity index (χ3v) is 5.52. The largest absolute Gasteiger partial charge is 0.339 e. The van der Waals surface area contributed by atoms with Crippen LogP contribution >= 0.6 is 0 Å². The quantitative estimate of drug-likeness (QED) is 0.844. The minimum absolute atomic E-state index is 0.145. The van der Waals surface area contributed by atoms with Crippen molar-refractivity contribution < 1.29 is 4.79 Å². The molecule has 4 heterocycles. The fraction of sp³-hybridized carbons (Fsp3) is 0.450. The molecule has 0 saturated carbocycles. The highest BCUT2D eigenvalue weighted by Gasteiger charge is 2.36. The van der Waals surface area contributed by atoms with Gasteiger partial charge in [-0.2, -0.15) is 0 Å². The van der Waals surface area contributed by atoms with Gasteiger partial charge in [-0.15, -0.1) is 0 Å². The number of hydrogen-bond acceptors (Lipinski definition) is 5. The molecule has 2 bridgehead atoms. The summed E-state index contributed by atoms with van der Waals surface area (Å²) >= 11 is 0. The first-order valence-corrected chi connectivity index (χ1v) is 9.28. The van der Waals surface area contributed by atoms with Gasteiger partial charge < -0.3 is 9.80 Å². The van der Waals surface area contributed by atoms with Crippen molar-refractivity contribution in [3.05, 3.63) is 48.8 Å². The van der Waals surface area contributed by atoms with Crippen LogP contribution < -0.4 is 9.80 Å². The van der Waals surface area contributed by atoms with E-state index in [9.17, 15) is 4.79 Å². The molecule has 3 fully saturated rings. The summed E-state index contributed by atoms with van der Waals surface area (Å²) in [6, 6.07) is 12.1. The summed E-state index contributed by atoms with van der Waals surface area (Å²) in [7, 11) is 1.86. The Morgan fingerprint density at radius 2 is 1.85 bits per heavy atom. The number of hydrogen-bond donors (Lipinski definition) is 0. The van der Waals surface area contributed by atoms with E-state index in [-0.39, 0.29) is 5.91 Å². The van der Waals surface area contributed by atoms with Gasteiger partial charge in [0, 0.05) is 50.8 Å². The molecule has 26 heavy (non-hydrogen) atoms. The summed E-state index contributed by atoms with van der Waals surface area (Å²) in [6.45, 7) is 3.31. The average Bonchev–Trinajstić information content (AvgIpc) is 3.01. The number of para-hydroxylation sites is 1. The molecular formula is C20H25N5O. The summed E-state index contributed by atoms with van der Waals surface area (Å²) < 4.78 is 0. The van der Waals surface area contributed by atoms with Crippen LogP contribution in [0.15, 0.2) is 48.8 Å². The maximum Gasteiger partial charge on any atom is 0.240 e. The predicted molar refractivity (Wildman–Crippen MR) is 102 cm³/mol. The average molecular weight is 351 g/mol. The highest BCUT2D eigenvalue weighted by molar-refractivity contribution is 5.94. The van der Waals surface area contributed by atoms with Gasteiger partial charge in [-0.25, -0.2) is 9.97 Å². The molecule has 3 aliphatic heterocycles. The van der Waals surface area contributed by atoms with E-state index in [1.54, 1.807) is 17.3 Å². The van der Waals surface area contributed by atoms with Crippen LogP contribution in [0.1, 0.15) is 12.8 Å². The normalized spacial score (nSPS) is 22.9. The van der Waals surface area contributed by atoms with Crippen LogP contribution in [0.2, 0.25) is 0 Å². The highest BCUT2D eigenvalue weighted by atomic mass is 16.2. The molecule has 0 spiro atoms. The van der Waals surface area contributed by atoms with E-state index in [1.807, 2.05) is 43.4 Å². The number of carbonyl (C=O) groups is 1. The van der Waals surface area contributed by atoms with Gasteiger partial charge in [0.05, 0.1) is 6.54 Å². The van der Waals surface area contributed by atoms with E-state index in [4.69, 9.17) is 0 Å². The molecule has 1 aromatic carbocycles. The molecule has 6 nitrogen and oxygen atoms in total. The van der Waals surface area contributed by atoms with Gasteiger partial charge in [-0.3, -0.25) is 9.69 Å². The zero-order valence-corrected chi connectivity index (χ0v) is 15.2. The molecule has 3 saturated heterocycles. The van der Waals surface area contributed by atoms with Crippen molar-refractivity contribution in [3.63, 3.8) is 0 Å². The van der Waals surface area contributed by atoms with E-state index < -0.39 is 0 Å². The Labute approximate surface area is 154 Å². The number of carbonyl (C=O) groups excluding carboxylic acids is 1. The van der Waals surface area contributed by atoms with E-state index in [1.165, 1.54) is 6.42 Å². The lowest BCUT2D eigenvalue weighted by atomic mass is 9.95. The highest BCUT2D eigenvalue weighted by Crippen LogP contribution is 2.29. The van der Waals surface area contributed by atoms with E-state index >= 15 is 0 Å². The first-order chi connectivity index (χ1) is 12.7. The van der Waals surface area contributed by atoms with Crippen molar-refractivity contribution >= 4 is 17.5 Å². The Bertz CT molecular complexity index is 738. The van der Waals surface area contributed by atoms with Crippen molar-refractivity contribution in [2.24, 2.45) is 5.92 Å². The van der Waals surface area contributed by atoms with Gasteiger partial charge >= 0.3 is 0 Å². The number of amides is 1. The Morgan fingerprint density at radius 3 is 2.62 bits per heavy atom. The number of benzene rings is 1. The third kappa shape index (κ3) is 3.55. The molecule has 6 heteroatoms. The Hall–Kier alpha value is -2.47. The zero-order chi connectivity index (χ0) is 17.9. The predicted octanol–water partition coefficient (Wildman–Crippen LogP) is 2.04. The molecule has 0 N–H and O–H groups in total. The first-order valence-electron chi connectivity index (χ1n) is 9.28. The van der Waals surface area contributed by atoms with Crippen molar-refractivity contribution in [2.75, 3.05) is 43.0 Å². The van der Waals surface area contributed by atoms with Crippen LogP contribution in [-0.2, 0) is 4.79 Å². The lowest BCUT2D eigenvalue weighted by molar-refractivity contribution is -0.120. The fourth-order valence-electron chi connectivity index (χ4n) is 4.07. The Kier molecular flexibility index (Phi) is 4.84. The number of aromatic nitrogens is 2. The van der Waals surface area contributed by atoms with Crippen molar-refractivity contribution in [3.8, 4) is 0 Å². The molecule has 0 radical (unpaired) electrons. The van der Waals surface area contributed by atoms with Crippen LogP contribution in [0.25, 0.3) is 0 Å². The van der Waals surface area contributed by atoms with E-state index in [2.05, 4.69) is 19.8 Å². The fourth-order valence-corrected chi connectivity index (χ4v) is 4.07. The topological polar surface area (TPSA) is 52.6 Å². The molecule has 0 unspecified atom stereocenters. The maximum absolute atomic E-state index is 12.8. The molecule has 1 amide bonds. The van der Waals surface area contributed by atoms with Crippen LogP contribution in [0.4, 0.5) is 11.6 Å². The van der Waals surface area contributed by atoms with Gasteiger partial charge in [-0.05, 0) is 37.0 Å². The van der Waals surface area contributed by atoms with Crippen molar-refractivity contribution in [2.45, 2.75) is 18.9 Å².